The summed E-state index contributed by atoms with van der Waals surface area (Å²) in [4.78, 5) is 26.6. The number of hydrogen-bond acceptors (Lipinski definition) is 4. The highest BCUT2D eigenvalue weighted by molar-refractivity contribution is 9.10. The summed E-state index contributed by atoms with van der Waals surface area (Å²) in [5.41, 5.74) is 0.373. The van der Waals surface area contributed by atoms with Gasteiger partial charge in [-0.25, -0.2) is 4.98 Å². The SMILES string of the molecule is COC(=O)CCCCNC(=O)c1cccc(Br)n1. The molecule has 1 aromatic rings. The predicted molar refractivity (Wildman–Crippen MR) is 70.1 cm³/mol. The van der Waals surface area contributed by atoms with Crippen molar-refractivity contribution in [3.63, 3.8) is 0 Å². The Morgan fingerprint density at radius 3 is 2.83 bits per heavy atom. The Labute approximate surface area is 114 Å². The van der Waals surface area contributed by atoms with Crippen LogP contribution in [-0.2, 0) is 9.53 Å². The Bertz CT molecular complexity index is 424. The van der Waals surface area contributed by atoms with Gasteiger partial charge in [-0.15, -0.1) is 0 Å². The van der Waals surface area contributed by atoms with Gasteiger partial charge in [0.15, 0.2) is 0 Å². The first-order chi connectivity index (χ1) is 8.63. The second kappa shape index (κ2) is 7.81. The van der Waals surface area contributed by atoms with Gasteiger partial charge in [-0.2, -0.15) is 0 Å². The molecule has 0 spiro atoms. The maximum atomic E-state index is 11.7. The van der Waals surface area contributed by atoms with Gasteiger partial charge < -0.3 is 10.1 Å². The van der Waals surface area contributed by atoms with E-state index < -0.39 is 0 Å². The van der Waals surface area contributed by atoms with Crippen LogP contribution in [0.3, 0.4) is 0 Å². The second-order valence-electron chi connectivity index (χ2n) is 3.63. The van der Waals surface area contributed by atoms with Crippen LogP contribution in [0.15, 0.2) is 22.8 Å². The largest absolute Gasteiger partial charge is 0.469 e. The number of pyridine rings is 1. The molecule has 1 rings (SSSR count). The molecule has 5 nitrogen and oxygen atoms in total. The standard InChI is InChI=1S/C12H15BrN2O3/c1-18-11(16)7-2-3-8-14-12(17)9-5-4-6-10(13)15-9/h4-6H,2-3,7-8H2,1H3,(H,14,17). The van der Waals surface area contributed by atoms with E-state index in [-0.39, 0.29) is 11.9 Å². The van der Waals surface area contributed by atoms with E-state index in [9.17, 15) is 9.59 Å². The molecular weight excluding hydrogens is 300 g/mol. The molecule has 0 saturated carbocycles. The Kier molecular flexibility index (Phi) is 6.35. The number of nitrogens with zero attached hydrogens (tertiary/aromatic N) is 1. The predicted octanol–water partition coefficient (Wildman–Crippen LogP) is 1.92. The van der Waals surface area contributed by atoms with Gasteiger partial charge in [0, 0.05) is 13.0 Å². The van der Waals surface area contributed by atoms with Gasteiger partial charge in [-0.1, -0.05) is 6.07 Å². The van der Waals surface area contributed by atoms with Gasteiger partial charge in [0.1, 0.15) is 10.3 Å². The number of aromatic nitrogens is 1. The summed E-state index contributed by atoms with van der Waals surface area (Å²) in [6.45, 7) is 0.518. The number of halogens is 1. The Morgan fingerprint density at radius 2 is 2.17 bits per heavy atom. The molecule has 0 aliphatic heterocycles. The number of carbonyl (C=O) groups is 2. The van der Waals surface area contributed by atoms with Crippen LogP contribution in [0.2, 0.25) is 0 Å². The van der Waals surface area contributed by atoms with E-state index in [1.54, 1.807) is 18.2 Å². The summed E-state index contributed by atoms with van der Waals surface area (Å²) in [6, 6.07) is 5.16. The summed E-state index contributed by atoms with van der Waals surface area (Å²) in [7, 11) is 1.36. The van der Waals surface area contributed by atoms with Gasteiger partial charge in [0.25, 0.3) is 5.91 Å². The number of unbranched alkanes of at least 4 members (excludes halogenated alkanes) is 1. The number of carbonyl (C=O) groups excluding carboxylic acids is 2. The molecule has 1 heterocycles. The molecule has 0 radical (unpaired) electrons. The molecule has 0 aromatic carbocycles. The third-order valence-electron chi connectivity index (χ3n) is 2.27. The van der Waals surface area contributed by atoms with Gasteiger partial charge in [-0.05, 0) is 40.9 Å². The number of rotatable bonds is 6. The number of ether oxygens (including phenoxy) is 1. The molecule has 18 heavy (non-hydrogen) atoms. The first-order valence-corrected chi connectivity index (χ1v) is 6.40. The molecule has 1 aromatic heterocycles. The first kappa shape index (κ1) is 14.6. The molecule has 0 aliphatic carbocycles. The van der Waals surface area contributed by atoms with E-state index >= 15 is 0 Å². The zero-order valence-corrected chi connectivity index (χ0v) is 11.7. The van der Waals surface area contributed by atoms with Crippen molar-refractivity contribution >= 4 is 27.8 Å². The van der Waals surface area contributed by atoms with Crippen LogP contribution in [0.1, 0.15) is 29.8 Å². The third kappa shape index (κ3) is 5.27. The monoisotopic (exact) mass is 314 g/mol. The van der Waals surface area contributed by atoms with Crippen LogP contribution in [-0.4, -0.2) is 30.5 Å². The Morgan fingerprint density at radius 1 is 1.39 bits per heavy atom. The maximum absolute atomic E-state index is 11.7. The summed E-state index contributed by atoms with van der Waals surface area (Å²) in [6.07, 6.45) is 1.80. The van der Waals surface area contributed by atoms with Crippen molar-refractivity contribution in [3.05, 3.63) is 28.5 Å². The molecule has 0 bridgehead atoms. The van der Waals surface area contributed by atoms with Gasteiger partial charge in [0.2, 0.25) is 0 Å². The van der Waals surface area contributed by atoms with Crippen molar-refractivity contribution in [2.45, 2.75) is 19.3 Å². The molecule has 0 saturated heterocycles. The maximum Gasteiger partial charge on any atom is 0.305 e. The average molecular weight is 315 g/mol. The summed E-state index contributed by atoms with van der Waals surface area (Å²) in [5, 5.41) is 2.74. The minimum absolute atomic E-state index is 0.214. The van der Waals surface area contributed by atoms with Crippen molar-refractivity contribution in [2.75, 3.05) is 13.7 Å². The fraction of sp³-hybridized carbons (Fsp3) is 0.417. The number of nitrogens with one attached hydrogen (secondary N) is 1. The lowest BCUT2D eigenvalue weighted by atomic mass is 10.2. The van der Waals surface area contributed by atoms with Gasteiger partial charge >= 0.3 is 5.97 Å². The number of hydrogen-bond donors (Lipinski definition) is 1. The minimum atomic E-state index is -0.227. The molecule has 0 aliphatic rings. The van der Waals surface area contributed by atoms with Crippen LogP contribution >= 0.6 is 15.9 Å². The van der Waals surface area contributed by atoms with E-state index in [0.29, 0.717) is 29.7 Å². The van der Waals surface area contributed by atoms with E-state index in [0.717, 1.165) is 6.42 Å². The van der Waals surface area contributed by atoms with Gasteiger partial charge in [0.05, 0.1) is 7.11 Å². The first-order valence-electron chi connectivity index (χ1n) is 5.61. The van der Waals surface area contributed by atoms with Crippen LogP contribution in [0.5, 0.6) is 0 Å². The van der Waals surface area contributed by atoms with E-state index in [4.69, 9.17) is 0 Å². The summed E-state index contributed by atoms with van der Waals surface area (Å²) >= 11 is 3.20. The van der Waals surface area contributed by atoms with E-state index in [1.165, 1.54) is 7.11 Å². The van der Waals surface area contributed by atoms with Crippen LogP contribution in [0.4, 0.5) is 0 Å². The normalized spacial score (nSPS) is 9.89. The van der Waals surface area contributed by atoms with Crippen molar-refractivity contribution in [3.8, 4) is 0 Å². The molecule has 0 unspecified atom stereocenters. The quantitative estimate of drug-likeness (QED) is 0.495. The highest BCUT2D eigenvalue weighted by atomic mass is 79.9. The lowest BCUT2D eigenvalue weighted by Gasteiger charge is -2.04. The highest BCUT2D eigenvalue weighted by Crippen LogP contribution is 2.06. The lowest BCUT2D eigenvalue weighted by Crippen LogP contribution is -2.25. The molecule has 1 N–H and O–H groups in total. The molecule has 0 fully saturated rings. The second-order valence-corrected chi connectivity index (χ2v) is 4.45. The number of methoxy groups -OCH3 is 1. The fourth-order valence-electron chi connectivity index (χ4n) is 1.32. The van der Waals surface area contributed by atoms with Crippen LogP contribution in [0.25, 0.3) is 0 Å². The van der Waals surface area contributed by atoms with Crippen molar-refractivity contribution in [2.24, 2.45) is 0 Å². The topological polar surface area (TPSA) is 68.3 Å². The molecule has 0 atom stereocenters. The van der Waals surface area contributed by atoms with E-state index in [1.807, 2.05) is 0 Å². The summed E-state index contributed by atoms with van der Waals surface area (Å²) < 4.78 is 5.14. The molecule has 1 amide bonds. The third-order valence-corrected chi connectivity index (χ3v) is 2.71. The fourth-order valence-corrected chi connectivity index (χ4v) is 1.67. The smallest absolute Gasteiger partial charge is 0.305 e. The van der Waals surface area contributed by atoms with Crippen LogP contribution < -0.4 is 5.32 Å². The van der Waals surface area contributed by atoms with Crippen molar-refractivity contribution in [1.29, 1.82) is 0 Å². The minimum Gasteiger partial charge on any atom is -0.469 e. The van der Waals surface area contributed by atoms with Crippen LogP contribution in [0, 0.1) is 0 Å². The molecule has 98 valence electrons. The van der Waals surface area contributed by atoms with Crippen molar-refractivity contribution in [1.82, 2.24) is 10.3 Å². The van der Waals surface area contributed by atoms with Crippen molar-refractivity contribution < 1.29 is 14.3 Å². The number of esters is 1. The molecule has 6 heteroatoms. The average Bonchev–Trinajstić information content (AvgIpc) is 2.37. The Balaban J connectivity index is 2.23. The zero-order chi connectivity index (χ0) is 13.4. The lowest BCUT2D eigenvalue weighted by molar-refractivity contribution is -0.140. The Hall–Kier alpha value is -1.43. The van der Waals surface area contributed by atoms with Gasteiger partial charge in [-0.3, -0.25) is 9.59 Å². The summed E-state index contributed by atoms with van der Waals surface area (Å²) in [5.74, 6) is -0.440. The van der Waals surface area contributed by atoms with E-state index in [2.05, 4.69) is 31.0 Å². The zero-order valence-electron chi connectivity index (χ0n) is 10.1. The molecular formula is C12H15BrN2O3. The number of amides is 1. The highest BCUT2D eigenvalue weighted by Gasteiger charge is 2.06.